The summed E-state index contributed by atoms with van der Waals surface area (Å²) >= 11 is 0. The lowest BCUT2D eigenvalue weighted by atomic mass is 10.1. The second-order valence-corrected chi connectivity index (χ2v) is 13.9. The Labute approximate surface area is 307 Å². The molecule has 0 unspecified atom stereocenters. The Morgan fingerprint density at radius 1 is 0.679 bits per heavy atom. The van der Waals surface area contributed by atoms with E-state index in [1.807, 2.05) is 81.8 Å². The molecule has 0 spiro atoms. The van der Waals surface area contributed by atoms with E-state index in [-0.39, 0.29) is 61.4 Å². The van der Waals surface area contributed by atoms with Crippen molar-refractivity contribution in [1.29, 1.82) is 0 Å². The first kappa shape index (κ1) is 35.4. The van der Waals surface area contributed by atoms with E-state index in [4.69, 9.17) is 4.42 Å². The molecule has 0 radical (unpaired) electrons. The normalized spacial score (nSPS) is 16.9. The van der Waals surface area contributed by atoms with Gasteiger partial charge in [0, 0.05) is 87.0 Å². The first-order chi connectivity index (χ1) is 25.7. The molecule has 14 nitrogen and oxygen atoms in total. The summed E-state index contributed by atoms with van der Waals surface area (Å²) < 4.78 is 9.69. The molecule has 53 heavy (non-hydrogen) atoms. The monoisotopic (exact) mass is 717 g/mol. The zero-order valence-electron chi connectivity index (χ0n) is 29.9. The van der Waals surface area contributed by atoms with Gasteiger partial charge in [-0.15, -0.1) is 0 Å². The van der Waals surface area contributed by atoms with Gasteiger partial charge < -0.3 is 34.0 Å². The van der Waals surface area contributed by atoms with Crippen LogP contribution in [0.15, 0.2) is 84.2 Å². The Morgan fingerprint density at radius 2 is 1.15 bits per heavy atom. The van der Waals surface area contributed by atoms with Crippen LogP contribution in [0, 0.1) is 0 Å². The third-order valence-electron chi connectivity index (χ3n) is 9.79. The average Bonchev–Trinajstić information content (AvgIpc) is 3.99. The highest BCUT2D eigenvalue weighted by molar-refractivity contribution is 5.93. The summed E-state index contributed by atoms with van der Waals surface area (Å²) in [5.41, 5.74) is 4.29. The Bertz CT molecular complexity index is 1940. The lowest BCUT2D eigenvalue weighted by Crippen LogP contribution is -2.38. The summed E-state index contributed by atoms with van der Waals surface area (Å²) in [5, 5.41) is 5.91. The number of amides is 4. The summed E-state index contributed by atoms with van der Waals surface area (Å²) in [6.07, 6.45) is 12.9. The lowest BCUT2D eigenvalue weighted by molar-refractivity contribution is -0.133. The second kappa shape index (κ2) is 15.7. The standard InChI is InChI=1S/C39H43N9O5/c1-45-22-30(41-24-45)17-37(51)47-15-3-5-32(47)19-35(49)43-28-11-7-26(8-12-28)34-21-40-39(53-34)27-9-13-29(14-10-27)44-36(50)20-33-6-4-16-48(33)38(52)18-31-23-46(2)25-42-31/h7-14,21-25,32-33H,3-6,15-20H2,1-2H3,(H,43,49)(H,44,50)/t32-,33-/m0/s1. The fraction of sp³-hybridized carbons (Fsp3) is 0.359. The van der Waals surface area contributed by atoms with Crippen LogP contribution in [0.4, 0.5) is 11.4 Å². The van der Waals surface area contributed by atoms with Crippen LogP contribution in [0.5, 0.6) is 0 Å². The SMILES string of the molecule is Cn1cnc(CC(=O)N2CCC[C@H]2CC(=O)Nc2ccc(-c3cnc(-c4ccc(NC(=O)C[C@@H]5CCCN5C(=O)Cc5cn(C)cn5)cc4)o3)cc2)c1. The zero-order valence-corrected chi connectivity index (χ0v) is 29.9. The molecule has 7 rings (SSSR count). The van der Waals surface area contributed by atoms with Gasteiger partial charge in [-0.1, -0.05) is 0 Å². The van der Waals surface area contributed by atoms with Gasteiger partial charge in [-0.3, -0.25) is 19.2 Å². The van der Waals surface area contributed by atoms with Crippen LogP contribution >= 0.6 is 0 Å². The lowest BCUT2D eigenvalue weighted by Gasteiger charge is -2.24. The molecule has 2 fully saturated rings. The Balaban J connectivity index is 0.884. The third kappa shape index (κ3) is 8.71. The van der Waals surface area contributed by atoms with Crippen molar-refractivity contribution in [2.75, 3.05) is 23.7 Å². The van der Waals surface area contributed by atoms with E-state index in [0.29, 0.717) is 36.1 Å². The summed E-state index contributed by atoms with van der Waals surface area (Å²) in [6.45, 7) is 1.30. The van der Waals surface area contributed by atoms with E-state index >= 15 is 0 Å². The minimum atomic E-state index is -0.148. The fourth-order valence-corrected chi connectivity index (χ4v) is 7.19. The largest absolute Gasteiger partial charge is 0.436 e. The minimum Gasteiger partial charge on any atom is -0.436 e. The van der Waals surface area contributed by atoms with E-state index in [1.54, 1.807) is 31.0 Å². The number of anilines is 2. The van der Waals surface area contributed by atoms with Crippen molar-refractivity contribution < 1.29 is 23.6 Å². The van der Waals surface area contributed by atoms with Gasteiger partial charge in [0.15, 0.2) is 5.76 Å². The van der Waals surface area contributed by atoms with E-state index in [0.717, 1.165) is 48.2 Å². The molecule has 2 aliphatic rings. The minimum absolute atomic E-state index is 0.00729. The van der Waals surface area contributed by atoms with Gasteiger partial charge in [-0.05, 0) is 74.2 Å². The number of hydrogen-bond donors (Lipinski definition) is 2. The molecule has 14 heteroatoms. The molecule has 2 aliphatic heterocycles. The summed E-state index contributed by atoms with van der Waals surface area (Å²) in [5.74, 6) is 0.696. The maximum atomic E-state index is 12.9. The van der Waals surface area contributed by atoms with E-state index in [2.05, 4.69) is 25.6 Å². The van der Waals surface area contributed by atoms with E-state index < -0.39 is 0 Å². The number of aromatic nitrogens is 5. The van der Waals surface area contributed by atoms with Crippen molar-refractivity contribution in [1.82, 2.24) is 33.9 Å². The molecule has 3 aromatic heterocycles. The van der Waals surface area contributed by atoms with Crippen LogP contribution in [0.25, 0.3) is 22.8 Å². The van der Waals surface area contributed by atoms with Crippen LogP contribution in [0.1, 0.15) is 49.9 Å². The van der Waals surface area contributed by atoms with E-state index in [9.17, 15) is 19.2 Å². The summed E-state index contributed by atoms with van der Waals surface area (Å²) in [7, 11) is 3.74. The van der Waals surface area contributed by atoms with Crippen molar-refractivity contribution >= 4 is 35.0 Å². The number of oxazole rings is 1. The Hall–Kier alpha value is -6.05. The predicted molar refractivity (Wildman–Crippen MR) is 197 cm³/mol. The van der Waals surface area contributed by atoms with Crippen LogP contribution < -0.4 is 10.6 Å². The molecule has 2 saturated heterocycles. The molecule has 0 saturated carbocycles. The van der Waals surface area contributed by atoms with Gasteiger partial charge in [-0.2, -0.15) is 0 Å². The molecule has 5 aromatic rings. The number of carbonyl (C=O) groups excluding carboxylic acids is 4. The van der Waals surface area contributed by atoms with Crippen LogP contribution in [-0.4, -0.2) is 82.7 Å². The topological polar surface area (TPSA) is 160 Å². The molecule has 274 valence electrons. The molecule has 4 amide bonds. The van der Waals surface area contributed by atoms with Gasteiger partial charge in [-0.25, -0.2) is 15.0 Å². The maximum Gasteiger partial charge on any atom is 0.228 e. The van der Waals surface area contributed by atoms with Crippen LogP contribution in [0.3, 0.4) is 0 Å². The molecule has 2 aromatic carbocycles. The first-order valence-corrected chi connectivity index (χ1v) is 18.0. The molecule has 2 N–H and O–H groups in total. The number of rotatable bonds is 12. The third-order valence-corrected chi connectivity index (χ3v) is 9.79. The number of nitrogens with one attached hydrogen (secondary N) is 2. The Morgan fingerprint density at radius 3 is 1.60 bits per heavy atom. The summed E-state index contributed by atoms with van der Waals surface area (Å²) in [6, 6.07) is 14.3. The van der Waals surface area contributed by atoms with Crippen LogP contribution in [-0.2, 0) is 46.1 Å². The molecule has 0 bridgehead atoms. The van der Waals surface area contributed by atoms with Crippen molar-refractivity contribution in [3.8, 4) is 22.8 Å². The number of benzene rings is 2. The average molecular weight is 718 g/mol. The molecular weight excluding hydrogens is 674 g/mol. The van der Waals surface area contributed by atoms with Crippen LogP contribution in [0.2, 0.25) is 0 Å². The van der Waals surface area contributed by atoms with Crippen molar-refractivity contribution in [2.45, 2.75) is 63.5 Å². The highest BCUT2D eigenvalue weighted by atomic mass is 16.4. The van der Waals surface area contributed by atoms with Crippen molar-refractivity contribution in [2.24, 2.45) is 14.1 Å². The Kier molecular flexibility index (Phi) is 10.5. The summed E-state index contributed by atoms with van der Waals surface area (Å²) in [4.78, 5) is 68.3. The fourth-order valence-electron chi connectivity index (χ4n) is 7.19. The van der Waals surface area contributed by atoms with Gasteiger partial charge in [0.2, 0.25) is 29.5 Å². The molecular formula is C39H43N9O5. The van der Waals surface area contributed by atoms with Gasteiger partial charge in [0.25, 0.3) is 0 Å². The van der Waals surface area contributed by atoms with Gasteiger partial charge >= 0.3 is 0 Å². The maximum absolute atomic E-state index is 12.9. The number of nitrogens with zero attached hydrogens (tertiary/aromatic N) is 7. The highest BCUT2D eigenvalue weighted by Gasteiger charge is 2.32. The predicted octanol–water partition coefficient (Wildman–Crippen LogP) is 4.60. The second-order valence-electron chi connectivity index (χ2n) is 13.9. The van der Waals surface area contributed by atoms with Crippen molar-refractivity contribution in [3.05, 3.63) is 91.2 Å². The van der Waals surface area contributed by atoms with Gasteiger partial charge in [0.05, 0.1) is 43.1 Å². The quantitative estimate of drug-likeness (QED) is 0.189. The molecule has 2 atom stereocenters. The number of aryl methyl sites for hydroxylation is 2. The number of carbonyl (C=O) groups is 4. The highest BCUT2D eigenvalue weighted by Crippen LogP contribution is 2.29. The van der Waals surface area contributed by atoms with Crippen molar-refractivity contribution in [3.63, 3.8) is 0 Å². The van der Waals surface area contributed by atoms with E-state index in [1.165, 1.54) is 0 Å². The number of imidazole rings is 2. The number of hydrogen-bond acceptors (Lipinski definition) is 8. The van der Waals surface area contributed by atoms with Gasteiger partial charge in [0.1, 0.15) is 0 Å². The first-order valence-electron chi connectivity index (χ1n) is 18.0. The molecule has 0 aliphatic carbocycles. The zero-order chi connectivity index (χ0) is 36.9. The molecule has 5 heterocycles. The number of likely N-dealkylation sites (tertiary alicyclic amines) is 2. The smallest absolute Gasteiger partial charge is 0.228 e.